The first kappa shape index (κ1) is 48.7. The Labute approximate surface area is 441 Å². The van der Waals surface area contributed by atoms with Crippen molar-refractivity contribution < 1.29 is 0 Å². The van der Waals surface area contributed by atoms with Gasteiger partial charge in [0.25, 0.3) is 0 Å². The molecule has 1 spiro atoms. The molecule has 6 aromatic carbocycles. The minimum absolute atomic E-state index is 0.00206. The van der Waals surface area contributed by atoms with Crippen LogP contribution in [-0.2, 0) is 16.2 Å². The van der Waals surface area contributed by atoms with E-state index in [9.17, 15) is 0 Å². The first-order chi connectivity index (χ1) is 35.0. The standard InChI is InChI=1S/C70H72N2S/c1-13-59-66(73-60-35-24-34-58-65(60)72(59)40-22-14-15-25-47(5)70(58)56-32-20-17-28-50(56)51-29-18-21-33-57(51)70)62(61-45(3)41-44(2)42-46(61)4)54-37-36-53-52-30-16-19-31-55(52)69(11,12)63(53)64(54)71-49-27-23-26-48(43-49)68(9,10)39-38-67(6,7)8/h13-17,19-28,30-37,41-43,71H,5,18,29,38-40H2,1-4,6-12H3/b22-14-,25-15-,59-13+,66-62+. The molecule has 3 heteroatoms. The van der Waals surface area contributed by atoms with E-state index in [-0.39, 0.29) is 16.2 Å². The zero-order valence-corrected chi connectivity index (χ0v) is 45.9. The molecule has 1 unspecified atom stereocenters. The van der Waals surface area contributed by atoms with Gasteiger partial charge in [0, 0.05) is 38.6 Å². The highest BCUT2D eigenvalue weighted by Gasteiger charge is 2.50. The Kier molecular flexibility index (Phi) is 12.1. The highest BCUT2D eigenvalue weighted by molar-refractivity contribution is 8.03. The summed E-state index contributed by atoms with van der Waals surface area (Å²) >= 11 is 1.94. The molecule has 11 rings (SSSR count). The lowest BCUT2D eigenvalue weighted by Crippen LogP contribution is -2.35. The molecule has 2 heterocycles. The Morgan fingerprint density at radius 3 is 2.21 bits per heavy atom. The summed E-state index contributed by atoms with van der Waals surface area (Å²) in [4.78, 5) is 5.15. The zero-order valence-electron chi connectivity index (χ0n) is 45.1. The maximum Gasteiger partial charge on any atom is 0.0725 e. The summed E-state index contributed by atoms with van der Waals surface area (Å²) in [5.41, 5.74) is 26.4. The van der Waals surface area contributed by atoms with E-state index in [0.717, 1.165) is 36.9 Å². The van der Waals surface area contributed by atoms with E-state index in [0.29, 0.717) is 6.54 Å². The van der Waals surface area contributed by atoms with E-state index in [1.54, 1.807) is 0 Å². The molecule has 0 radical (unpaired) electrons. The molecule has 2 aliphatic heterocycles. The molecule has 1 N–H and O–H groups in total. The van der Waals surface area contributed by atoms with Gasteiger partial charge in [0.2, 0.25) is 0 Å². The predicted molar refractivity (Wildman–Crippen MR) is 315 cm³/mol. The number of allylic oxidation sites excluding steroid dienone is 9. The Bertz CT molecular complexity index is 3450. The summed E-state index contributed by atoms with van der Waals surface area (Å²) in [5.74, 6) is 0. The van der Waals surface area contributed by atoms with Gasteiger partial charge in [0.05, 0.1) is 22.5 Å². The molecule has 368 valence electrons. The Morgan fingerprint density at radius 2 is 1.45 bits per heavy atom. The van der Waals surface area contributed by atoms with Gasteiger partial charge in [-0.25, -0.2) is 0 Å². The Balaban J connectivity index is 1.20. The number of fused-ring (bicyclic) bond motifs is 8. The van der Waals surface area contributed by atoms with Gasteiger partial charge in [-0.2, -0.15) is 0 Å². The molecule has 0 fully saturated rings. The normalized spacial score (nSPS) is 20.6. The topological polar surface area (TPSA) is 15.3 Å². The van der Waals surface area contributed by atoms with Crippen molar-refractivity contribution in [2.75, 3.05) is 16.8 Å². The number of benzene rings is 6. The van der Waals surface area contributed by atoms with Crippen LogP contribution < -0.4 is 10.2 Å². The lowest BCUT2D eigenvalue weighted by atomic mass is 9.65. The number of nitrogens with zero attached hydrogens (tertiary/aromatic N) is 1. The first-order valence-electron chi connectivity index (χ1n) is 26.7. The van der Waals surface area contributed by atoms with Crippen LogP contribution in [0.15, 0.2) is 191 Å². The van der Waals surface area contributed by atoms with Crippen LogP contribution in [0.1, 0.15) is 142 Å². The number of thioether (sulfide) groups is 1. The number of anilines is 3. The van der Waals surface area contributed by atoms with Crippen molar-refractivity contribution >= 4 is 40.0 Å². The molecule has 2 nitrogen and oxygen atoms in total. The van der Waals surface area contributed by atoms with Crippen molar-refractivity contribution in [2.45, 2.75) is 123 Å². The van der Waals surface area contributed by atoms with Gasteiger partial charge in [0.15, 0.2) is 0 Å². The predicted octanol–water partition coefficient (Wildman–Crippen LogP) is 19.1. The van der Waals surface area contributed by atoms with Gasteiger partial charge in [0.1, 0.15) is 0 Å². The van der Waals surface area contributed by atoms with Crippen LogP contribution in [0.3, 0.4) is 0 Å². The highest BCUT2D eigenvalue weighted by Crippen LogP contribution is 2.63. The van der Waals surface area contributed by atoms with Crippen LogP contribution in [-0.4, -0.2) is 6.54 Å². The van der Waals surface area contributed by atoms with Gasteiger partial charge < -0.3 is 10.2 Å². The van der Waals surface area contributed by atoms with Crippen LogP contribution in [0.4, 0.5) is 17.1 Å². The van der Waals surface area contributed by atoms with Gasteiger partial charge in [-0.05, 0) is 160 Å². The first-order valence-corrected chi connectivity index (χ1v) is 27.5. The minimum Gasteiger partial charge on any atom is -0.355 e. The molecule has 0 bridgehead atoms. The fraction of sp³-hybridized carbons (Fsp3) is 0.286. The average molecular weight is 973 g/mol. The molecule has 0 aromatic heterocycles. The number of para-hydroxylation sites is 1. The number of nitrogens with one attached hydrogen (secondary N) is 1. The van der Waals surface area contributed by atoms with E-state index < -0.39 is 5.41 Å². The van der Waals surface area contributed by atoms with Gasteiger partial charge >= 0.3 is 0 Å². The van der Waals surface area contributed by atoms with Crippen molar-refractivity contribution in [2.24, 2.45) is 5.41 Å². The third kappa shape index (κ3) is 7.92. The second-order valence-electron chi connectivity index (χ2n) is 23.7. The SMILES string of the molecule is C=C1/C=C\C=C/CN2C(=C/C)/C(=C(/c3ccc4c(c3Nc3cccc(C(C)(C)CCC(C)(C)C)c3)C(C)(C)c3ccccc3-4)c3c(C)cc(C)cc3C)Sc3cccc(c32)C12C1=C(CCC=C1)c1ccccc12. The second-order valence-corrected chi connectivity index (χ2v) is 24.7. The molecular weight excluding hydrogens is 901 g/mol. The number of hydrogen-bond acceptors (Lipinski definition) is 3. The fourth-order valence-corrected chi connectivity index (χ4v) is 14.6. The van der Waals surface area contributed by atoms with Crippen LogP contribution in [0.5, 0.6) is 0 Å². The largest absolute Gasteiger partial charge is 0.355 e. The molecule has 0 amide bonds. The maximum absolute atomic E-state index is 4.99. The second kappa shape index (κ2) is 18.1. The van der Waals surface area contributed by atoms with Crippen molar-refractivity contribution in [1.29, 1.82) is 0 Å². The number of hydrogen-bond donors (Lipinski definition) is 1. The van der Waals surface area contributed by atoms with Crippen LogP contribution >= 0.6 is 11.8 Å². The summed E-state index contributed by atoms with van der Waals surface area (Å²) in [6, 6.07) is 44.3. The fourth-order valence-electron chi connectivity index (χ4n) is 13.3. The molecule has 0 saturated carbocycles. The average Bonchev–Trinajstić information content (AvgIpc) is 3.81. The van der Waals surface area contributed by atoms with E-state index in [1.807, 2.05) is 11.8 Å². The van der Waals surface area contributed by atoms with E-state index in [4.69, 9.17) is 6.58 Å². The van der Waals surface area contributed by atoms with Gasteiger partial charge in [-0.15, -0.1) is 0 Å². The maximum atomic E-state index is 4.99. The van der Waals surface area contributed by atoms with E-state index in [1.165, 1.54) is 116 Å². The summed E-state index contributed by atoms with van der Waals surface area (Å²) in [6.07, 6.45) is 20.6. The number of rotatable bonds is 7. The summed E-state index contributed by atoms with van der Waals surface area (Å²) in [5, 5.41) is 4.28. The van der Waals surface area contributed by atoms with Crippen LogP contribution in [0, 0.1) is 26.2 Å². The van der Waals surface area contributed by atoms with Crippen LogP contribution in [0.2, 0.25) is 0 Å². The molecule has 73 heavy (non-hydrogen) atoms. The van der Waals surface area contributed by atoms with Crippen molar-refractivity contribution in [3.8, 4) is 11.1 Å². The molecular formula is C70H72N2S. The molecule has 1 atom stereocenters. The lowest BCUT2D eigenvalue weighted by molar-refractivity contribution is 0.315. The third-order valence-corrected chi connectivity index (χ3v) is 18.0. The smallest absolute Gasteiger partial charge is 0.0725 e. The lowest BCUT2D eigenvalue weighted by Gasteiger charge is -2.43. The van der Waals surface area contributed by atoms with Gasteiger partial charge in [-0.3, -0.25) is 0 Å². The zero-order chi connectivity index (χ0) is 51.2. The summed E-state index contributed by atoms with van der Waals surface area (Å²) < 4.78 is 0. The molecule has 6 aromatic rings. The van der Waals surface area contributed by atoms with Crippen molar-refractivity contribution in [1.82, 2.24) is 0 Å². The minimum atomic E-state index is -0.560. The summed E-state index contributed by atoms with van der Waals surface area (Å²) in [7, 11) is 0. The van der Waals surface area contributed by atoms with Crippen molar-refractivity contribution in [3.63, 3.8) is 0 Å². The summed E-state index contributed by atoms with van der Waals surface area (Å²) in [6.45, 7) is 31.6. The van der Waals surface area contributed by atoms with Crippen LogP contribution in [0.25, 0.3) is 22.3 Å². The Hall–Kier alpha value is -6.55. The van der Waals surface area contributed by atoms with E-state index >= 15 is 0 Å². The molecule has 0 saturated heterocycles. The molecule has 5 aliphatic rings. The molecule has 3 aliphatic carbocycles. The quantitative estimate of drug-likeness (QED) is 0.172. The highest BCUT2D eigenvalue weighted by atomic mass is 32.2. The third-order valence-electron chi connectivity index (χ3n) is 16.8. The van der Waals surface area contributed by atoms with E-state index in [2.05, 4.69) is 244 Å². The monoisotopic (exact) mass is 973 g/mol. The van der Waals surface area contributed by atoms with Gasteiger partial charge in [-0.1, -0.05) is 212 Å². The van der Waals surface area contributed by atoms with Crippen molar-refractivity contribution in [3.05, 3.63) is 247 Å². The Morgan fingerprint density at radius 1 is 0.740 bits per heavy atom. The number of aryl methyl sites for hydroxylation is 3.